The van der Waals surface area contributed by atoms with Gasteiger partial charge in [-0.05, 0) is 38.0 Å². The molecule has 3 heterocycles. The molecule has 8 nitrogen and oxygen atoms in total. The molecule has 1 spiro atoms. The van der Waals surface area contributed by atoms with Crippen LogP contribution in [0.3, 0.4) is 0 Å². The van der Waals surface area contributed by atoms with Gasteiger partial charge in [0.25, 0.3) is 0 Å². The third-order valence-electron chi connectivity index (χ3n) is 5.88. The molecular formula is C18H30N4O4S. The van der Waals surface area contributed by atoms with Crippen LogP contribution in [0.4, 0.5) is 0 Å². The molecule has 2 saturated heterocycles. The minimum absolute atomic E-state index is 0.0423. The number of carbonyl (C=O) groups excluding carboxylic acids is 1. The van der Waals surface area contributed by atoms with Crippen molar-refractivity contribution in [2.45, 2.75) is 50.5 Å². The van der Waals surface area contributed by atoms with Gasteiger partial charge in [-0.2, -0.15) is 9.40 Å². The quantitative estimate of drug-likeness (QED) is 0.647. The summed E-state index contributed by atoms with van der Waals surface area (Å²) in [5.41, 5.74) is 0.0423. The zero-order valence-electron chi connectivity index (χ0n) is 16.3. The van der Waals surface area contributed by atoms with Crippen molar-refractivity contribution < 1.29 is 17.9 Å². The molecule has 1 aromatic rings. The first-order valence-electron chi connectivity index (χ1n) is 9.69. The summed E-state index contributed by atoms with van der Waals surface area (Å²) < 4.78 is 34.0. The Morgan fingerprint density at radius 1 is 1.26 bits per heavy atom. The number of methoxy groups -OCH3 is 1. The average Bonchev–Trinajstić information content (AvgIpc) is 3.16. The number of rotatable bonds is 7. The minimum atomic E-state index is -3.50. The van der Waals surface area contributed by atoms with Crippen LogP contribution < -0.4 is 0 Å². The Morgan fingerprint density at radius 2 is 2.00 bits per heavy atom. The van der Waals surface area contributed by atoms with Crippen molar-refractivity contribution in [3.05, 3.63) is 12.4 Å². The van der Waals surface area contributed by atoms with Crippen LogP contribution >= 0.6 is 0 Å². The van der Waals surface area contributed by atoms with Crippen molar-refractivity contribution >= 4 is 15.9 Å². The molecule has 0 bridgehead atoms. The predicted octanol–water partition coefficient (Wildman–Crippen LogP) is 1.33. The lowest BCUT2D eigenvalue weighted by molar-refractivity contribution is -0.139. The zero-order chi connectivity index (χ0) is 19.5. The van der Waals surface area contributed by atoms with Gasteiger partial charge in [-0.15, -0.1) is 0 Å². The van der Waals surface area contributed by atoms with Crippen LogP contribution in [0.2, 0.25) is 0 Å². The standard InChI is InChI=1S/C18H30N4O4S/c1-3-21-14-16(13-19-21)27(24,25)22-10-7-18(8-11-22)6-5-17(23)20(15-18)9-4-12-26-2/h13-14H,3-12,15H2,1-2H3. The first-order chi connectivity index (χ1) is 12.9. The van der Waals surface area contributed by atoms with Crippen LogP contribution in [0.15, 0.2) is 17.3 Å². The minimum Gasteiger partial charge on any atom is -0.385 e. The summed E-state index contributed by atoms with van der Waals surface area (Å²) in [6.45, 7) is 5.67. The first-order valence-corrected chi connectivity index (χ1v) is 11.1. The molecule has 0 atom stereocenters. The predicted molar refractivity (Wildman–Crippen MR) is 101 cm³/mol. The van der Waals surface area contributed by atoms with Crippen LogP contribution in [0.5, 0.6) is 0 Å². The first kappa shape index (κ1) is 20.3. The van der Waals surface area contributed by atoms with Gasteiger partial charge in [-0.25, -0.2) is 8.42 Å². The SMILES string of the molecule is CCn1cc(S(=O)(=O)N2CCC3(CCC(=O)N(CCCOC)C3)CC2)cn1. The summed E-state index contributed by atoms with van der Waals surface area (Å²) in [5.74, 6) is 0.207. The van der Waals surface area contributed by atoms with Gasteiger partial charge in [-0.1, -0.05) is 0 Å². The third-order valence-corrected chi connectivity index (χ3v) is 7.73. The number of hydrogen-bond donors (Lipinski definition) is 0. The number of nitrogens with zero attached hydrogens (tertiary/aromatic N) is 4. The summed E-state index contributed by atoms with van der Waals surface area (Å²) >= 11 is 0. The molecule has 1 aromatic heterocycles. The lowest BCUT2D eigenvalue weighted by Gasteiger charge is -2.47. The topological polar surface area (TPSA) is 84.7 Å². The van der Waals surface area contributed by atoms with Gasteiger partial charge in [0.05, 0.1) is 6.20 Å². The van der Waals surface area contributed by atoms with E-state index < -0.39 is 10.0 Å². The molecule has 2 aliphatic rings. The van der Waals surface area contributed by atoms with Crippen LogP contribution in [0.1, 0.15) is 39.0 Å². The molecule has 0 radical (unpaired) electrons. The van der Waals surface area contributed by atoms with Crippen LogP contribution in [0.25, 0.3) is 0 Å². The van der Waals surface area contributed by atoms with Gasteiger partial charge >= 0.3 is 0 Å². The maximum atomic E-state index is 12.9. The average molecular weight is 399 g/mol. The van der Waals surface area contributed by atoms with Crippen molar-refractivity contribution in [3.8, 4) is 0 Å². The van der Waals surface area contributed by atoms with E-state index in [2.05, 4.69) is 5.10 Å². The fourth-order valence-electron chi connectivity index (χ4n) is 4.11. The monoisotopic (exact) mass is 398 g/mol. The Morgan fingerprint density at radius 3 is 2.63 bits per heavy atom. The summed E-state index contributed by atoms with van der Waals surface area (Å²) in [5, 5.41) is 4.09. The molecule has 0 aromatic carbocycles. The van der Waals surface area contributed by atoms with E-state index in [0.29, 0.717) is 39.2 Å². The fourth-order valence-corrected chi connectivity index (χ4v) is 5.51. The summed E-state index contributed by atoms with van der Waals surface area (Å²) in [4.78, 5) is 14.4. The van der Waals surface area contributed by atoms with Crippen LogP contribution in [-0.4, -0.2) is 73.2 Å². The molecule has 0 N–H and O–H groups in total. The van der Waals surface area contributed by atoms with Gasteiger partial charge in [-0.3, -0.25) is 9.48 Å². The maximum Gasteiger partial charge on any atom is 0.246 e. The number of hydrogen-bond acceptors (Lipinski definition) is 5. The molecule has 1 amide bonds. The maximum absolute atomic E-state index is 12.9. The highest BCUT2D eigenvalue weighted by Crippen LogP contribution is 2.41. The molecule has 2 aliphatic heterocycles. The number of sulfonamides is 1. The van der Waals surface area contributed by atoms with Gasteiger partial charge in [0.2, 0.25) is 15.9 Å². The van der Waals surface area contributed by atoms with E-state index in [4.69, 9.17) is 4.74 Å². The summed E-state index contributed by atoms with van der Waals surface area (Å²) in [7, 11) is -1.83. The normalized spacial score (nSPS) is 21.1. The Bertz CT molecular complexity index is 753. The Labute approximate surface area is 161 Å². The van der Waals surface area contributed by atoms with Gasteiger partial charge in [0.15, 0.2) is 0 Å². The Hall–Kier alpha value is -1.45. The van der Waals surface area contributed by atoms with E-state index in [1.807, 2.05) is 11.8 Å². The molecule has 152 valence electrons. The molecular weight excluding hydrogens is 368 g/mol. The highest BCUT2D eigenvalue weighted by molar-refractivity contribution is 7.89. The number of aromatic nitrogens is 2. The number of ether oxygens (including phenoxy) is 1. The lowest BCUT2D eigenvalue weighted by Crippen LogP contribution is -2.52. The number of piperidine rings is 2. The number of aryl methyl sites for hydroxylation is 1. The highest BCUT2D eigenvalue weighted by Gasteiger charge is 2.43. The van der Waals surface area contributed by atoms with E-state index in [9.17, 15) is 13.2 Å². The molecule has 0 saturated carbocycles. The van der Waals surface area contributed by atoms with Crippen molar-refractivity contribution in [2.75, 3.05) is 39.9 Å². The molecule has 27 heavy (non-hydrogen) atoms. The second-order valence-electron chi connectivity index (χ2n) is 7.60. The second kappa shape index (κ2) is 8.28. The van der Waals surface area contributed by atoms with Crippen molar-refractivity contribution in [1.82, 2.24) is 19.0 Å². The Balaban J connectivity index is 1.62. The molecule has 9 heteroatoms. The van der Waals surface area contributed by atoms with E-state index in [1.165, 1.54) is 6.20 Å². The summed E-state index contributed by atoms with van der Waals surface area (Å²) in [6, 6.07) is 0. The summed E-state index contributed by atoms with van der Waals surface area (Å²) in [6.07, 6.45) is 6.86. The Kier molecular flexibility index (Phi) is 6.22. The highest BCUT2D eigenvalue weighted by atomic mass is 32.2. The molecule has 0 aliphatic carbocycles. The van der Waals surface area contributed by atoms with E-state index in [0.717, 1.165) is 32.2 Å². The smallest absolute Gasteiger partial charge is 0.246 e. The van der Waals surface area contributed by atoms with E-state index in [1.54, 1.807) is 22.3 Å². The third kappa shape index (κ3) is 4.35. The number of carbonyl (C=O) groups is 1. The molecule has 2 fully saturated rings. The molecule has 3 rings (SSSR count). The van der Waals surface area contributed by atoms with Gasteiger partial charge < -0.3 is 9.64 Å². The number of likely N-dealkylation sites (tertiary alicyclic amines) is 1. The van der Waals surface area contributed by atoms with Crippen molar-refractivity contribution in [1.29, 1.82) is 0 Å². The fraction of sp³-hybridized carbons (Fsp3) is 0.778. The van der Waals surface area contributed by atoms with Crippen LogP contribution in [0, 0.1) is 5.41 Å². The lowest BCUT2D eigenvalue weighted by atomic mass is 9.72. The van der Waals surface area contributed by atoms with Crippen LogP contribution in [-0.2, 0) is 26.1 Å². The van der Waals surface area contributed by atoms with Crippen molar-refractivity contribution in [2.24, 2.45) is 5.41 Å². The molecule has 0 unspecified atom stereocenters. The van der Waals surface area contributed by atoms with E-state index >= 15 is 0 Å². The van der Waals surface area contributed by atoms with E-state index in [-0.39, 0.29) is 16.2 Å². The van der Waals surface area contributed by atoms with Gasteiger partial charge in [0, 0.05) is 59.1 Å². The van der Waals surface area contributed by atoms with Gasteiger partial charge in [0.1, 0.15) is 4.90 Å². The zero-order valence-corrected chi connectivity index (χ0v) is 17.1. The second-order valence-corrected chi connectivity index (χ2v) is 9.54. The van der Waals surface area contributed by atoms with Crippen molar-refractivity contribution in [3.63, 3.8) is 0 Å². The largest absolute Gasteiger partial charge is 0.385 e. The number of amides is 1.